The maximum absolute atomic E-state index is 13.8. The first-order valence-corrected chi connectivity index (χ1v) is 10.7. The van der Waals surface area contributed by atoms with Crippen LogP contribution in [0.1, 0.15) is 18.9 Å². The monoisotopic (exact) mass is 477 g/mol. The third-order valence-corrected chi connectivity index (χ3v) is 6.33. The van der Waals surface area contributed by atoms with Crippen molar-refractivity contribution in [1.29, 1.82) is 0 Å². The molecule has 0 saturated carbocycles. The number of benzene rings is 2. The van der Waals surface area contributed by atoms with Crippen molar-refractivity contribution in [2.24, 2.45) is 0 Å². The topological polar surface area (TPSA) is 70.2 Å². The first-order valence-electron chi connectivity index (χ1n) is 10.4. The van der Waals surface area contributed by atoms with Gasteiger partial charge < -0.3 is 19.4 Å². The fourth-order valence-corrected chi connectivity index (χ4v) is 4.51. The summed E-state index contributed by atoms with van der Waals surface area (Å²) in [5.74, 6) is -0.818. The normalized spacial score (nSPS) is 20.8. The first kappa shape index (κ1) is 23.0. The number of anilines is 1. The Bertz CT molecular complexity index is 1060. The highest BCUT2D eigenvalue weighted by molar-refractivity contribution is 6.30. The van der Waals surface area contributed by atoms with Crippen LogP contribution in [-0.2, 0) is 20.9 Å². The molecule has 2 aromatic carbocycles. The van der Waals surface area contributed by atoms with E-state index in [1.165, 1.54) is 36.1 Å². The number of carbonyl (C=O) groups is 3. The molecule has 0 aliphatic carbocycles. The van der Waals surface area contributed by atoms with Gasteiger partial charge in [0.25, 0.3) is 5.91 Å². The molecule has 2 aromatic rings. The highest BCUT2D eigenvalue weighted by Crippen LogP contribution is 2.37. The quantitative estimate of drug-likeness (QED) is 0.662. The predicted molar refractivity (Wildman–Crippen MR) is 117 cm³/mol. The van der Waals surface area contributed by atoms with Crippen molar-refractivity contribution in [3.63, 3.8) is 0 Å². The number of ether oxygens (including phenoxy) is 1. The lowest BCUT2D eigenvalue weighted by Gasteiger charge is -2.47. The number of nitrogens with zero attached hydrogens (tertiary/aromatic N) is 3. The maximum Gasteiger partial charge on any atom is 0.387 e. The van der Waals surface area contributed by atoms with Gasteiger partial charge in [-0.05, 0) is 48.4 Å². The van der Waals surface area contributed by atoms with Gasteiger partial charge in [-0.3, -0.25) is 14.4 Å². The Morgan fingerprint density at radius 2 is 1.79 bits per heavy atom. The molecule has 10 heteroatoms. The Morgan fingerprint density at radius 3 is 2.36 bits per heavy atom. The van der Waals surface area contributed by atoms with Crippen LogP contribution >= 0.6 is 11.6 Å². The van der Waals surface area contributed by atoms with E-state index in [-0.39, 0.29) is 43.1 Å². The van der Waals surface area contributed by atoms with E-state index in [0.29, 0.717) is 23.7 Å². The Labute approximate surface area is 194 Å². The van der Waals surface area contributed by atoms with Crippen molar-refractivity contribution in [3.8, 4) is 5.75 Å². The SMILES string of the molecule is CC(=O)N1CC[C@]2(C1)C(=O)N(c1ccc(OC(F)F)cc1)CC(=O)N2Cc1ccc(Cl)cc1. The molecule has 7 nitrogen and oxygen atoms in total. The van der Waals surface area contributed by atoms with Crippen LogP contribution in [0.2, 0.25) is 5.02 Å². The number of halogens is 3. The Morgan fingerprint density at radius 1 is 1.12 bits per heavy atom. The van der Waals surface area contributed by atoms with Crippen LogP contribution < -0.4 is 9.64 Å². The van der Waals surface area contributed by atoms with Gasteiger partial charge in [-0.1, -0.05) is 23.7 Å². The molecule has 0 N–H and O–H groups in total. The van der Waals surface area contributed by atoms with Gasteiger partial charge in [0, 0.05) is 30.7 Å². The first-order chi connectivity index (χ1) is 15.7. The van der Waals surface area contributed by atoms with E-state index in [1.54, 1.807) is 34.1 Å². The average Bonchev–Trinajstić information content (AvgIpc) is 3.22. The van der Waals surface area contributed by atoms with Crippen molar-refractivity contribution in [1.82, 2.24) is 9.80 Å². The summed E-state index contributed by atoms with van der Waals surface area (Å²) in [5, 5.41) is 0.559. The number of amides is 3. The third kappa shape index (κ3) is 4.50. The molecule has 33 heavy (non-hydrogen) atoms. The lowest BCUT2D eigenvalue weighted by Crippen LogP contribution is -2.69. The molecule has 2 aliphatic rings. The second-order valence-electron chi connectivity index (χ2n) is 8.09. The standard InChI is InChI=1S/C23H22ClF2N3O4/c1-15(30)27-11-10-23(14-27)21(32)28(18-6-8-19(9-7-18)33-22(25)26)13-20(31)29(23)12-16-2-4-17(24)5-3-16/h2-9,22H,10-14H2,1H3/t23-/m0/s1. The predicted octanol–water partition coefficient (Wildman–Crippen LogP) is 3.31. The fraction of sp³-hybridized carbons (Fsp3) is 0.348. The summed E-state index contributed by atoms with van der Waals surface area (Å²) >= 11 is 5.97. The zero-order chi connectivity index (χ0) is 23.8. The number of hydrogen-bond acceptors (Lipinski definition) is 4. The van der Waals surface area contributed by atoms with E-state index < -0.39 is 12.2 Å². The molecule has 0 radical (unpaired) electrons. The lowest BCUT2D eigenvalue weighted by atomic mass is 9.90. The van der Waals surface area contributed by atoms with Crippen molar-refractivity contribution in [2.45, 2.75) is 32.0 Å². The van der Waals surface area contributed by atoms with E-state index in [4.69, 9.17) is 11.6 Å². The van der Waals surface area contributed by atoms with E-state index in [9.17, 15) is 23.2 Å². The second kappa shape index (κ2) is 8.97. The molecule has 174 valence electrons. The molecule has 0 bridgehead atoms. The summed E-state index contributed by atoms with van der Waals surface area (Å²) in [7, 11) is 0. The van der Waals surface area contributed by atoms with Gasteiger partial charge in [-0.25, -0.2) is 0 Å². The van der Waals surface area contributed by atoms with Gasteiger partial charge in [0.05, 0.1) is 6.54 Å². The van der Waals surface area contributed by atoms with Crippen molar-refractivity contribution in [3.05, 3.63) is 59.1 Å². The van der Waals surface area contributed by atoms with Crippen LogP contribution in [0.3, 0.4) is 0 Å². The van der Waals surface area contributed by atoms with Crippen molar-refractivity contribution < 1.29 is 27.9 Å². The number of likely N-dealkylation sites (tertiary alicyclic amines) is 1. The second-order valence-corrected chi connectivity index (χ2v) is 8.53. The van der Waals surface area contributed by atoms with Crippen LogP contribution in [0.4, 0.5) is 14.5 Å². The molecule has 2 fully saturated rings. The number of piperazine rings is 1. The van der Waals surface area contributed by atoms with Crippen molar-refractivity contribution in [2.75, 3.05) is 24.5 Å². The minimum Gasteiger partial charge on any atom is -0.435 e. The zero-order valence-electron chi connectivity index (χ0n) is 17.8. The third-order valence-electron chi connectivity index (χ3n) is 6.07. The summed E-state index contributed by atoms with van der Waals surface area (Å²) in [4.78, 5) is 43.6. The molecule has 0 aromatic heterocycles. The van der Waals surface area contributed by atoms with Gasteiger partial charge in [-0.15, -0.1) is 0 Å². The Kier molecular flexibility index (Phi) is 6.25. The zero-order valence-corrected chi connectivity index (χ0v) is 18.6. The molecular weight excluding hydrogens is 456 g/mol. The minimum absolute atomic E-state index is 0.0489. The van der Waals surface area contributed by atoms with Crippen LogP contribution in [0.15, 0.2) is 48.5 Å². The summed E-state index contributed by atoms with van der Waals surface area (Å²) in [5.41, 5.74) is -0.0244. The molecule has 1 atom stereocenters. The Balaban J connectivity index is 1.66. The molecule has 2 saturated heterocycles. The number of alkyl halides is 2. The summed E-state index contributed by atoms with van der Waals surface area (Å²) in [6.45, 7) is -1.11. The van der Waals surface area contributed by atoms with Gasteiger partial charge in [0.2, 0.25) is 11.8 Å². The summed E-state index contributed by atoms with van der Waals surface area (Å²) in [6.07, 6.45) is 0.299. The smallest absolute Gasteiger partial charge is 0.387 e. The van der Waals surface area contributed by atoms with Gasteiger partial charge >= 0.3 is 6.61 Å². The van der Waals surface area contributed by atoms with E-state index in [2.05, 4.69) is 4.74 Å². The van der Waals surface area contributed by atoms with Gasteiger partial charge in [-0.2, -0.15) is 8.78 Å². The summed E-state index contributed by atoms with van der Waals surface area (Å²) in [6, 6.07) is 12.6. The molecule has 4 rings (SSSR count). The van der Waals surface area contributed by atoms with Gasteiger partial charge in [0.15, 0.2) is 0 Å². The molecule has 2 heterocycles. The highest BCUT2D eigenvalue weighted by Gasteiger charge is 2.56. The number of rotatable bonds is 5. The molecule has 1 spiro atoms. The fourth-order valence-electron chi connectivity index (χ4n) is 4.38. The van der Waals surface area contributed by atoms with Crippen LogP contribution in [-0.4, -0.2) is 59.3 Å². The molecule has 3 amide bonds. The van der Waals surface area contributed by atoms with Crippen LogP contribution in [0, 0.1) is 0 Å². The van der Waals surface area contributed by atoms with Crippen LogP contribution in [0.25, 0.3) is 0 Å². The largest absolute Gasteiger partial charge is 0.435 e. The molecule has 2 aliphatic heterocycles. The van der Waals surface area contributed by atoms with Crippen molar-refractivity contribution >= 4 is 35.0 Å². The lowest BCUT2D eigenvalue weighted by molar-refractivity contribution is -0.151. The number of hydrogen-bond donors (Lipinski definition) is 0. The minimum atomic E-state index is -2.96. The average molecular weight is 478 g/mol. The highest BCUT2D eigenvalue weighted by atomic mass is 35.5. The Hall–Kier alpha value is -3.20. The van der Waals surface area contributed by atoms with Crippen LogP contribution in [0.5, 0.6) is 5.75 Å². The van der Waals surface area contributed by atoms with E-state index >= 15 is 0 Å². The summed E-state index contributed by atoms with van der Waals surface area (Å²) < 4.78 is 29.3. The van der Waals surface area contributed by atoms with Gasteiger partial charge in [0.1, 0.15) is 17.8 Å². The molecular formula is C23H22ClF2N3O4. The maximum atomic E-state index is 13.8. The van der Waals surface area contributed by atoms with E-state index in [0.717, 1.165) is 5.56 Å². The molecule has 0 unspecified atom stereocenters. The van der Waals surface area contributed by atoms with E-state index in [1.807, 2.05) is 0 Å². The number of carbonyl (C=O) groups excluding carboxylic acids is 3.